The van der Waals surface area contributed by atoms with Gasteiger partial charge in [-0.05, 0) is 55.2 Å². The summed E-state index contributed by atoms with van der Waals surface area (Å²) in [6.07, 6.45) is 1.80. The van der Waals surface area contributed by atoms with Crippen LogP contribution in [0.25, 0.3) is 0 Å². The summed E-state index contributed by atoms with van der Waals surface area (Å²) in [5.41, 5.74) is 8.36. The lowest BCUT2D eigenvalue weighted by Gasteiger charge is -2.14. The number of para-hydroxylation sites is 1. The Balaban J connectivity index is 2.22. The Kier molecular flexibility index (Phi) is 5.21. The molecule has 0 spiro atoms. The van der Waals surface area contributed by atoms with E-state index in [2.05, 4.69) is 35.8 Å². The molecule has 0 aliphatic carbocycles. The molecule has 1 atom stereocenters. The molecule has 0 heterocycles. The van der Waals surface area contributed by atoms with Gasteiger partial charge < -0.3 is 10.5 Å². The Hall–Kier alpha value is -1.32. The zero-order chi connectivity index (χ0) is 14.5. The number of rotatable bonds is 5. The molecule has 3 heteroatoms. The first kappa shape index (κ1) is 15.1. The first-order valence-corrected chi connectivity index (χ1v) is 7.67. The highest BCUT2D eigenvalue weighted by Crippen LogP contribution is 2.29. The van der Waals surface area contributed by atoms with Gasteiger partial charge in [-0.2, -0.15) is 0 Å². The number of hydrogen-bond acceptors (Lipinski definition) is 2. The van der Waals surface area contributed by atoms with Crippen LogP contribution in [0.2, 0.25) is 0 Å². The second-order valence-corrected chi connectivity index (χ2v) is 5.85. The van der Waals surface area contributed by atoms with E-state index in [0.717, 1.165) is 39.9 Å². The Morgan fingerprint density at radius 3 is 2.65 bits per heavy atom. The number of nitrogens with two attached hydrogens (primary N) is 1. The molecule has 0 aliphatic heterocycles. The zero-order valence-corrected chi connectivity index (χ0v) is 13.5. The van der Waals surface area contributed by atoms with Gasteiger partial charge in [-0.1, -0.05) is 41.1 Å². The van der Waals surface area contributed by atoms with E-state index in [1.807, 2.05) is 36.4 Å². The van der Waals surface area contributed by atoms with Gasteiger partial charge in [-0.3, -0.25) is 0 Å². The van der Waals surface area contributed by atoms with Gasteiger partial charge in [-0.15, -0.1) is 0 Å². The summed E-state index contributed by atoms with van der Waals surface area (Å²) in [5, 5.41) is 0. The molecular formula is C17H20BrNO. The number of halogens is 1. The quantitative estimate of drug-likeness (QED) is 0.850. The minimum absolute atomic E-state index is 0.173. The van der Waals surface area contributed by atoms with E-state index in [0.29, 0.717) is 0 Å². The molecule has 2 nitrogen and oxygen atoms in total. The van der Waals surface area contributed by atoms with Gasteiger partial charge in [0, 0.05) is 10.5 Å². The number of hydrogen-bond donors (Lipinski definition) is 1. The van der Waals surface area contributed by atoms with Gasteiger partial charge in [0.15, 0.2) is 0 Å². The third kappa shape index (κ3) is 3.84. The van der Waals surface area contributed by atoms with E-state index in [1.54, 1.807) is 0 Å². The standard InChI is InChI=1S/C17H20BrNO/c1-3-14(19)11-13-6-4-5-7-17(13)20-15-8-9-16(18)12(2)10-15/h4-10,14H,3,11,19H2,1-2H3. The van der Waals surface area contributed by atoms with Crippen LogP contribution in [-0.4, -0.2) is 6.04 Å². The van der Waals surface area contributed by atoms with Crippen molar-refractivity contribution in [1.82, 2.24) is 0 Å². The van der Waals surface area contributed by atoms with Crippen LogP contribution in [-0.2, 0) is 6.42 Å². The van der Waals surface area contributed by atoms with E-state index in [1.165, 1.54) is 0 Å². The van der Waals surface area contributed by atoms with Crippen molar-refractivity contribution < 1.29 is 4.74 Å². The molecule has 20 heavy (non-hydrogen) atoms. The van der Waals surface area contributed by atoms with Gasteiger partial charge in [0.2, 0.25) is 0 Å². The van der Waals surface area contributed by atoms with Crippen LogP contribution in [0.4, 0.5) is 0 Å². The molecule has 0 bridgehead atoms. The average Bonchev–Trinajstić information content (AvgIpc) is 2.45. The second-order valence-electron chi connectivity index (χ2n) is 4.99. The van der Waals surface area contributed by atoms with Gasteiger partial charge in [-0.25, -0.2) is 0 Å². The van der Waals surface area contributed by atoms with Crippen molar-refractivity contribution in [1.29, 1.82) is 0 Å². The summed E-state index contributed by atoms with van der Waals surface area (Å²) in [6, 6.07) is 14.3. The Bertz CT molecular complexity index is 583. The molecule has 2 N–H and O–H groups in total. The van der Waals surface area contributed by atoms with Crippen LogP contribution in [0.5, 0.6) is 11.5 Å². The van der Waals surface area contributed by atoms with Crippen LogP contribution < -0.4 is 10.5 Å². The molecule has 2 aromatic rings. The Morgan fingerprint density at radius 2 is 1.95 bits per heavy atom. The molecule has 0 fully saturated rings. The van der Waals surface area contributed by atoms with Crippen molar-refractivity contribution in [2.24, 2.45) is 5.73 Å². The first-order valence-electron chi connectivity index (χ1n) is 6.87. The Labute approximate surface area is 129 Å². The molecule has 0 saturated carbocycles. The maximum Gasteiger partial charge on any atom is 0.130 e. The Morgan fingerprint density at radius 1 is 1.20 bits per heavy atom. The number of ether oxygens (including phenoxy) is 1. The van der Waals surface area contributed by atoms with Gasteiger partial charge >= 0.3 is 0 Å². The summed E-state index contributed by atoms with van der Waals surface area (Å²) in [7, 11) is 0. The van der Waals surface area contributed by atoms with E-state index in [-0.39, 0.29) is 6.04 Å². The van der Waals surface area contributed by atoms with Crippen molar-refractivity contribution in [3.8, 4) is 11.5 Å². The van der Waals surface area contributed by atoms with Gasteiger partial charge in [0.05, 0.1) is 0 Å². The van der Waals surface area contributed by atoms with Crippen LogP contribution in [0.1, 0.15) is 24.5 Å². The van der Waals surface area contributed by atoms with Crippen LogP contribution in [0.3, 0.4) is 0 Å². The minimum atomic E-state index is 0.173. The monoisotopic (exact) mass is 333 g/mol. The molecule has 0 aliphatic rings. The van der Waals surface area contributed by atoms with E-state index < -0.39 is 0 Å². The number of benzene rings is 2. The van der Waals surface area contributed by atoms with Crippen molar-refractivity contribution >= 4 is 15.9 Å². The van der Waals surface area contributed by atoms with Crippen molar-refractivity contribution in [3.05, 3.63) is 58.1 Å². The fourth-order valence-electron chi connectivity index (χ4n) is 2.01. The van der Waals surface area contributed by atoms with Crippen molar-refractivity contribution in [3.63, 3.8) is 0 Å². The molecular weight excluding hydrogens is 314 g/mol. The third-order valence-corrected chi connectivity index (χ3v) is 4.23. The highest BCUT2D eigenvalue weighted by molar-refractivity contribution is 9.10. The van der Waals surface area contributed by atoms with Gasteiger partial charge in [0.1, 0.15) is 11.5 Å². The minimum Gasteiger partial charge on any atom is -0.457 e. The van der Waals surface area contributed by atoms with Gasteiger partial charge in [0.25, 0.3) is 0 Å². The predicted molar refractivity (Wildman–Crippen MR) is 87.4 cm³/mol. The van der Waals surface area contributed by atoms with Crippen LogP contribution >= 0.6 is 15.9 Å². The topological polar surface area (TPSA) is 35.2 Å². The zero-order valence-electron chi connectivity index (χ0n) is 11.9. The molecule has 0 radical (unpaired) electrons. The van der Waals surface area contributed by atoms with E-state index in [4.69, 9.17) is 10.5 Å². The summed E-state index contributed by atoms with van der Waals surface area (Å²) >= 11 is 3.50. The molecule has 0 amide bonds. The largest absolute Gasteiger partial charge is 0.457 e. The predicted octanol–water partition coefficient (Wildman–Crippen LogP) is 4.83. The fraction of sp³-hybridized carbons (Fsp3) is 0.294. The lowest BCUT2D eigenvalue weighted by molar-refractivity contribution is 0.471. The van der Waals surface area contributed by atoms with Crippen LogP contribution in [0, 0.1) is 6.92 Å². The van der Waals surface area contributed by atoms with E-state index >= 15 is 0 Å². The summed E-state index contributed by atoms with van der Waals surface area (Å²) in [4.78, 5) is 0. The summed E-state index contributed by atoms with van der Waals surface area (Å²) < 4.78 is 7.10. The SMILES string of the molecule is CCC(N)Cc1ccccc1Oc1ccc(Br)c(C)c1. The fourth-order valence-corrected chi connectivity index (χ4v) is 2.25. The summed E-state index contributed by atoms with van der Waals surface area (Å²) in [6.45, 7) is 4.15. The molecule has 0 saturated heterocycles. The lowest BCUT2D eigenvalue weighted by Crippen LogP contribution is -2.21. The molecule has 2 aromatic carbocycles. The van der Waals surface area contributed by atoms with Crippen molar-refractivity contribution in [2.75, 3.05) is 0 Å². The highest BCUT2D eigenvalue weighted by Gasteiger charge is 2.08. The molecule has 2 rings (SSSR count). The molecule has 0 aromatic heterocycles. The van der Waals surface area contributed by atoms with E-state index in [9.17, 15) is 0 Å². The second kappa shape index (κ2) is 6.91. The maximum absolute atomic E-state index is 6.05. The lowest BCUT2D eigenvalue weighted by atomic mass is 10.0. The normalized spacial score (nSPS) is 12.2. The smallest absolute Gasteiger partial charge is 0.130 e. The summed E-state index contributed by atoms with van der Waals surface area (Å²) in [5.74, 6) is 1.74. The highest BCUT2D eigenvalue weighted by atomic mass is 79.9. The molecule has 1 unspecified atom stereocenters. The van der Waals surface area contributed by atoms with Crippen molar-refractivity contribution in [2.45, 2.75) is 32.7 Å². The molecule has 106 valence electrons. The third-order valence-electron chi connectivity index (χ3n) is 3.34. The number of aryl methyl sites for hydroxylation is 1. The first-order chi connectivity index (χ1) is 9.60. The maximum atomic E-state index is 6.05. The van der Waals surface area contributed by atoms with Crippen LogP contribution in [0.15, 0.2) is 46.9 Å². The average molecular weight is 334 g/mol.